The predicted molar refractivity (Wildman–Crippen MR) is 120 cm³/mol. The van der Waals surface area contributed by atoms with Crippen LogP contribution in [0.2, 0.25) is 0 Å². The number of rotatable bonds is 4. The molecule has 6 nitrogen and oxygen atoms in total. The third-order valence-electron chi connectivity index (χ3n) is 5.92. The average molecular weight is 422 g/mol. The second-order valence-electron chi connectivity index (χ2n) is 7.68. The van der Waals surface area contributed by atoms with Gasteiger partial charge in [0, 0.05) is 35.8 Å². The summed E-state index contributed by atoms with van der Waals surface area (Å²) in [6, 6.07) is 15.6. The molecule has 1 aliphatic rings. The molecule has 2 aromatic carbocycles. The third kappa shape index (κ3) is 3.13. The summed E-state index contributed by atoms with van der Waals surface area (Å²) in [7, 11) is 0. The first-order chi connectivity index (χ1) is 14.7. The summed E-state index contributed by atoms with van der Waals surface area (Å²) in [5, 5.41) is 1.01. The van der Waals surface area contributed by atoms with Crippen molar-refractivity contribution < 1.29 is 9.21 Å². The fraction of sp³-hybridized carbons (Fsp3) is 0.304. The zero-order valence-corrected chi connectivity index (χ0v) is 17.6. The number of likely N-dealkylation sites (tertiary alicyclic amines) is 1. The molecule has 3 heterocycles. The molecule has 1 aliphatic heterocycles. The normalized spacial score (nSPS) is 15.3. The third-order valence-corrected chi connectivity index (χ3v) is 6.50. The van der Waals surface area contributed by atoms with Crippen molar-refractivity contribution in [3.05, 3.63) is 70.3 Å². The molecule has 154 valence electrons. The molecule has 4 aromatic rings. The summed E-state index contributed by atoms with van der Waals surface area (Å²) in [6.45, 7) is 1.20. The highest BCUT2D eigenvalue weighted by atomic mass is 32.2. The van der Waals surface area contributed by atoms with E-state index in [0.29, 0.717) is 18.8 Å². The van der Waals surface area contributed by atoms with E-state index in [2.05, 4.69) is 4.98 Å². The fourth-order valence-electron chi connectivity index (χ4n) is 4.47. The number of aromatic nitrogens is 2. The molecule has 2 aromatic heterocycles. The molecule has 7 heteroatoms. The van der Waals surface area contributed by atoms with Crippen LogP contribution in [0.25, 0.3) is 22.0 Å². The average Bonchev–Trinajstić information content (AvgIpc) is 3.31. The number of nitrogens with zero attached hydrogens (tertiary/aromatic N) is 2. The summed E-state index contributed by atoms with van der Waals surface area (Å²) in [5.41, 5.74) is 3.42. The van der Waals surface area contributed by atoms with Gasteiger partial charge in [0.15, 0.2) is 5.76 Å². The molecule has 0 atom stereocenters. The first-order valence-electron chi connectivity index (χ1n) is 10.1. The van der Waals surface area contributed by atoms with E-state index in [-0.39, 0.29) is 17.6 Å². The summed E-state index contributed by atoms with van der Waals surface area (Å²) in [4.78, 5) is 30.6. The molecule has 1 N–H and O–H groups in total. The van der Waals surface area contributed by atoms with Crippen LogP contribution in [0.15, 0.2) is 57.7 Å². The SMILES string of the molecule is CSCc1c(C(=O)N2CCC(n3c(=O)[nH]c4ccccc43)CC2)oc2ccccc12. The van der Waals surface area contributed by atoms with E-state index in [0.717, 1.165) is 46.2 Å². The number of H-pyrrole nitrogens is 1. The molecule has 1 saturated heterocycles. The minimum absolute atomic E-state index is 0.0556. The quantitative estimate of drug-likeness (QED) is 0.530. The van der Waals surface area contributed by atoms with E-state index in [1.54, 1.807) is 11.8 Å². The van der Waals surface area contributed by atoms with Gasteiger partial charge in [0.05, 0.1) is 11.0 Å². The standard InChI is InChI=1S/C23H23N3O3S/c1-30-14-17-16-6-2-5-9-20(16)29-21(17)22(27)25-12-10-15(11-13-25)26-19-8-4-3-7-18(19)24-23(26)28/h2-9,15H,10-14H2,1H3,(H,24,28). The van der Waals surface area contributed by atoms with Crippen molar-refractivity contribution in [1.29, 1.82) is 0 Å². The molecule has 30 heavy (non-hydrogen) atoms. The Labute approximate surface area is 177 Å². The number of carbonyl (C=O) groups excluding carboxylic acids is 1. The Kier molecular flexibility index (Phi) is 4.90. The number of aromatic amines is 1. The van der Waals surface area contributed by atoms with Crippen LogP contribution < -0.4 is 5.69 Å². The van der Waals surface area contributed by atoms with Crippen molar-refractivity contribution in [1.82, 2.24) is 14.5 Å². The maximum absolute atomic E-state index is 13.3. The second kappa shape index (κ2) is 7.72. The number of nitrogens with one attached hydrogen (secondary N) is 1. The Morgan fingerprint density at radius 3 is 2.67 bits per heavy atom. The van der Waals surface area contributed by atoms with E-state index in [1.165, 1.54) is 0 Å². The number of hydrogen-bond donors (Lipinski definition) is 1. The number of piperidine rings is 1. The van der Waals surface area contributed by atoms with E-state index in [1.807, 2.05) is 64.3 Å². The molecule has 1 fully saturated rings. The molecule has 0 saturated carbocycles. The lowest BCUT2D eigenvalue weighted by Gasteiger charge is -2.32. The van der Waals surface area contributed by atoms with Crippen molar-refractivity contribution in [3.63, 3.8) is 0 Å². The van der Waals surface area contributed by atoms with Crippen molar-refractivity contribution in [2.75, 3.05) is 19.3 Å². The van der Waals surface area contributed by atoms with Gasteiger partial charge in [-0.05, 0) is 37.3 Å². The van der Waals surface area contributed by atoms with Gasteiger partial charge in [0.25, 0.3) is 5.91 Å². The Hall–Kier alpha value is -2.93. The first-order valence-corrected chi connectivity index (χ1v) is 11.5. The van der Waals surface area contributed by atoms with Crippen LogP contribution in [0, 0.1) is 0 Å². The molecular weight excluding hydrogens is 398 g/mol. The monoisotopic (exact) mass is 421 g/mol. The summed E-state index contributed by atoms with van der Waals surface area (Å²) in [5.74, 6) is 1.13. The van der Waals surface area contributed by atoms with Crippen LogP contribution in [0.5, 0.6) is 0 Å². The molecular formula is C23H23N3O3S. The van der Waals surface area contributed by atoms with Gasteiger partial charge >= 0.3 is 5.69 Å². The van der Waals surface area contributed by atoms with Gasteiger partial charge in [0.2, 0.25) is 0 Å². The van der Waals surface area contributed by atoms with Crippen molar-refractivity contribution >= 4 is 39.7 Å². The van der Waals surface area contributed by atoms with Crippen molar-refractivity contribution in [3.8, 4) is 0 Å². The molecule has 5 rings (SSSR count). The predicted octanol–water partition coefficient (Wildman–Crippen LogP) is 4.42. The maximum Gasteiger partial charge on any atom is 0.326 e. The molecule has 0 spiro atoms. The fourth-order valence-corrected chi connectivity index (χ4v) is 5.04. The molecule has 0 radical (unpaired) electrons. The number of hydrogen-bond acceptors (Lipinski definition) is 4. The number of imidazole rings is 1. The van der Waals surface area contributed by atoms with Gasteiger partial charge in [-0.1, -0.05) is 30.3 Å². The topological polar surface area (TPSA) is 71.2 Å². The molecule has 0 bridgehead atoms. The van der Waals surface area contributed by atoms with Gasteiger partial charge in [-0.15, -0.1) is 0 Å². The number of furan rings is 1. The number of carbonyl (C=O) groups is 1. The smallest absolute Gasteiger partial charge is 0.326 e. The van der Waals surface area contributed by atoms with Crippen LogP contribution >= 0.6 is 11.8 Å². The number of amides is 1. The van der Waals surface area contributed by atoms with E-state index in [9.17, 15) is 9.59 Å². The minimum atomic E-state index is -0.0829. The van der Waals surface area contributed by atoms with Gasteiger partial charge < -0.3 is 14.3 Å². The lowest BCUT2D eigenvalue weighted by atomic mass is 10.0. The highest BCUT2D eigenvalue weighted by Gasteiger charge is 2.30. The lowest BCUT2D eigenvalue weighted by Crippen LogP contribution is -2.40. The van der Waals surface area contributed by atoms with Crippen LogP contribution in [-0.4, -0.2) is 39.7 Å². The van der Waals surface area contributed by atoms with Crippen molar-refractivity contribution in [2.24, 2.45) is 0 Å². The second-order valence-corrected chi connectivity index (χ2v) is 8.55. The van der Waals surface area contributed by atoms with E-state index < -0.39 is 0 Å². The van der Waals surface area contributed by atoms with Crippen LogP contribution in [0.1, 0.15) is 35.0 Å². The zero-order chi connectivity index (χ0) is 20.7. The van der Waals surface area contributed by atoms with Gasteiger partial charge in [-0.25, -0.2) is 4.79 Å². The molecule has 0 aliphatic carbocycles. The Bertz CT molecular complexity index is 1280. The number of para-hydroxylation sites is 3. The van der Waals surface area contributed by atoms with Crippen LogP contribution in [0.3, 0.4) is 0 Å². The Balaban J connectivity index is 1.39. The molecule has 1 amide bonds. The highest BCUT2D eigenvalue weighted by molar-refractivity contribution is 7.97. The molecule has 0 unspecified atom stereocenters. The van der Waals surface area contributed by atoms with E-state index in [4.69, 9.17) is 4.42 Å². The van der Waals surface area contributed by atoms with E-state index >= 15 is 0 Å². The zero-order valence-electron chi connectivity index (χ0n) is 16.8. The van der Waals surface area contributed by atoms with Crippen LogP contribution in [-0.2, 0) is 5.75 Å². The highest BCUT2D eigenvalue weighted by Crippen LogP contribution is 2.31. The largest absolute Gasteiger partial charge is 0.451 e. The van der Waals surface area contributed by atoms with Crippen molar-refractivity contribution in [2.45, 2.75) is 24.6 Å². The minimum Gasteiger partial charge on any atom is -0.451 e. The number of benzene rings is 2. The number of fused-ring (bicyclic) bond motifs is 2. The first kappa shape index (κ1) is 19.1. The summed E-state index contributed by atoms with van der Waals surface area (Å²) >= 11 is 1.68. The van der Waals surface area contributed by atoms with Gasteiger partial charge in [-0.2, -0.15) is 11.8 Å². The summed E-state index contributed by atoms with van der Waals surface area (Å²) < 4.78 is 7.82. The van der Waals surface area contributed by atoms with Crippen LogP contribution in [0.4, 0.5) is 0 Å². The van der Waals surface area contributed by atoms with Gasteiger partial charge in [0.1, 0.15) is 5.58 Å². The Morgan fingerprint density at radius 2 is 1.87 bits per heavy atom. The van der Waals surface area contributed by atoms with Gasteiger partial charge in [-0.3, -0.25) is 9.36 Å². The Morgan fingerprint density at radius 1 is 1.13 bits per heavy atom. The number of thioether (sulfide) groups is 1. The lowest BCUT2D eigenvalue weighted by molar-refractivity contribution is 0.0664. The summed E-state index contributed by atoms with van der Waals surface area (Å²) in [6.07, 6.45) is 3.51. The maximum atomic E-state index is 13.3.